The zero-order chi connectivity index (χ0) is 28.1. The average Bonchev–Trinajstić information content (AvgIpc) is 3.23. The number of nitrogens with zero attached hydrogens (tertiary/aromatic N) is 2. The topological polar surface area (TPSA) is 79.2 Å². The van der Waals surface area contributed by atoms with Gasteiger partial charge in [-0.15, -0.1) is 0 Å². The molecule has 1 fully saturated rings. The Hall–Kier alpha value is -4.14. The Kier molecular flexibility index (Phi) is 8.48. The lowest BCUT2D eigenvalue weighted by molar-refractivity contribution is -0.122. The highest BCUT2D eigenvalue weighted by atomic mass is 79.9. The molecule has 0 spiro atoms. The summed E-state index contributed by atoms with van der Waals surface area (Å²) in [4.78, 5) is 31.7. The molecule has 0 atom stereocenters. The third-order valence-electron chi connectivity index (χ3n) is 6.18. The maximum Gasteiger partial charge on any atom is 0.335 e. The number of ether oxygens (including phenoxy) is 1. The third kappa shape index (κ3) is 6.70. The minimum atomic E-state index is -0.992. The quantitative estimate of drug-likeness (QED) is 0.205. The molecular weight excluding hydrogens is 588 g/mol. The van der Waals surface area contributed by atoms with Gasteiger partial charge in [-0.25, -0.2) is 9.79 Å². The summed E-state index contributed by atoms with van der Waals surface area (Å²) < 4.78 is 6.78. The smallest absolute Gasteiger partial charge is 0.335 e. The number of hydrogen-bond acceptors (Lipinski definition) is 5. The van der Waals surface area contributed by atoms with E-state index in [1.165, 1.54) is 29.5 Å². The Morgan fingerprint density at radius 3 is 2.35 bits per heavy atom. The second-order valence-corrected chi connectivity index (χ2v) is 11.1. The van der Waals surface area contributed by atoms with Gasteiger partial charge in [-0.1, -0.05) is 66.2 Å². The summed E-state index contributed by atoms with van der Waals surface area (Å²) >= 11 is 4.91. The molecule has 0 aliphatic carbocycles. The van der Waals surface area contributed by atoms with Crippen LogP contribution in [-0.4, -0.2) is 27.1 Å². The van der Waals surface area contributed by atoms with Crippen LogP contribution < -0.4 is 4.74 Å². The van der Waals surface area contributed by atoms with Gasteiger partial charge in [0.15, 0.2) is 5.17 Å². The molecule has 1 aliphatic rings. The molecule has 200 valence electrons. The number of hydrogen-bond donors (Lipinski definition) is 1. The lowest BCUT2D eigenvalue weighted by atomic mass is 10.1. The van der Waals surface area contributed by atoms with Gasteiger partial charge in [-0.05, 0) is 93.8 Å². The number of aryl methyl sites for hydroxylation is 1. The van der Waals surface area contributed by atoms with Crippen LogP contribution in [0.5, 0.6) is 5.75 Å². The van der Waals surface area contributed by atoms with E-state index in [2.05, 4.69) is 35.0 Å². The van der Waals surface area contributed by atoms with Gasteiger partial charge in [-0.3, -0.25) is 9.69 Å². The SMILES string of the molecule is Cc1ccc(COc2ccc(/C=C3\SC(=Nc4ccccc4)N(Cc4ccc(C(=O)O)cc4)C3=O)cc2Br)cc1. The minimum absolute atomic E-state index is 0.169. The maximum atomic E-state index is 13.6. The van der Waals surface area contributed by atoms with Gasteiger partial charge < -0.3 is 9.84 Å². The zero-order valence-electron chi connectivity index (χ0n) is 21.6. The van der Waals surface area contributed by atoms with E-state index in [4.69, 9.17) is 9.73 Å². The Labute approximate surface area is 245 Å². The van der Waals surface area contributed by atoms with E-state index in [1.54, 1.807) is 17.0 Å². The standard InChI is InChI=1S/C32H25BrN2O4S/c1-21-7-9-23(10-8-21)20-39-28-16-13-24(17-27(28)33)18-29-30(36)35(19-22-11-14-25(15-12-22)31(37)38)32(40-29)34-26-5-3-2-4-6-26/h2-18H,19-20H2,1H3,(H,37,38)/b29-18-,34-32?. The normalized spacial score (nSPS) is 15.2. The molecule has 6 nitrogen and oxygen atoms in total. The fourth-order valence-corrected chi connectivity index (χ4v) is 5.51. The third-order valence-corrected chi connectivity index (χ3v) is 7.81. The van der Waals surface area contributed by atoms with Crippen molar-refractivity contribution < 1.29 is 19.4 Å². The number of para-hydroxylation sites is 1. The Morgan fingerprint density at radius 2 is 1.68 bits per heavy atom. The van der Waals surface area contributed by atoms with Crippen molar-refractivity contribution in [2.45, 2.75) is 20.1 Å². The lowest BCUT2D eigenvalue weighted by Gasteiger charge is -2.16. The fourth-order valence-electron chi connectivity index (χ4n) is 4.00. The van der Waals surface area contributed by atoms with Crippen LogP contribution in [0.2, 0.25) is 0 Å². The molecule has 0 unspecified atom stereocenters. The van der Waals surface area contributed by atoms with E-state index in [0.717, 1.165) is 26.9 Å². The first-order valence-corrected chi connectivity index (χ1v) is 14.1. The van der Waals surface area contributed by atoms with Crippen LogP contribution in [0.3, 0.4) is 0 Å². The van der Waals surface area contributed by atoms with Crippen molar-refractivity contribution in [2.75, 3.05) is 0 Å². The molecule has 0 bridgehead atoms. The van der Waals surface area contributed by atoms with Gasteiger partial charge >= 0.3 is 5.97 Å². The van der Waals surface area contributed by atoms with E-state index in [-0.39, 0.29) is 18.0 Å². The fraction of sp³-hybridized carbons (Fsp3) is 0.0938. The molecule has 0 aromatic heterocycles. The second-order valence-electron chi connectivity index (χ2n) is 9.20. The van der Waals surface area contributed by atoms with E-state index < -0.39 is 5.97 Å². The number of rotatable bonds is 8. The van der Waals surface area contributed by atoms with Crippen LogP contribution in [0.1, 0.15) is 32.6 Å². The van der Waals surface area contributed by atoms with Crippen molar-refractivity contribution >= 4 is 56.5 Å². The summed E-state index contributed by atoms with van der Waals surface area (Å²) in [6, 6.07) is 29.9. The highest BCUT2D eigenvalue weighted by molar-refractivity contribution is 9.10. The number of carboxylic acids is 1. The highest BCUT2D eigenvalue weighted by Gasteiger charge is 2.33. The summed E-state index contributed by atoms with van der Waals surface area (Å²) in [5, 5.41) is 9.76. The first-order valence-electron chi connectivity index (χ1n) is 12.5. The molecule has 1 N–H and O–H groups in total. The maximum absolute atomic E-state index is 13.6. The Bertz CT molecular complexity index is 1600. The zero-order valence-corrected chi connectivity index (χ0v) is 24.0. The van der Waals surface area contributed by atoms with Gasteiger partial charge in [0.25, 0.3) is 5.91 Å². The van der Waals surface area contributed by atoms with Crippen LogP contribution in [0.4, 0.5) is 5.69 Å². The predicted octanol–water partition coefficient (Wildman–Crippen LogP) is 7.84. The van der Waals surface area contributed by atoms with Crippen LogP contribution in [0.25, 0.3) is 6.08 Å². The van der Waals surface area contributed by atoms with E-state index in [0.29, 0.717) is 22.4 Å². The molecule has 5 rings (SSSR count). The van der Waals surface area contributed by atoms with Gasteiger partial charge in [0.2, 0.25) is 0 Å². The lowest BCUT2D eigenvalue weighted by Crippen LogP contribution is -2.28. The molecular formula is C32H25BrN2O4S. The molecule has 8 heteroatoms. The molecule has 1 aliphatic heterocycles. The van der Waals surface area contributed by atoms with Gasteiger partial charge in [0.05, 0.1) is 27.2 Å². The number of carboxylic acid groups (broad SMARTS) is 1. The Balaban J connectivity index is 1.37. The molecule has 40 heavy (non-hydrogen) atoms. The van der Waals surface area contributed by atoms with Crippen LogP contribution in [0, 0.1) is 6.92 Å². The van der Waals surface area contributed by atoms with Crippen molar-refractivity contribution in [1.29, 1.82) is 0 Å². The number of aromatic carboxylic acids is 1. The van der Waals surface area contributed by atoms with Crippen molar-refractivity contribution in [3.8, 4) is 5.75 Å². The predicted molar refractivity (Wildman–Crippen MR) is 163 cm³/mol. The molecule has 1 amide bonds. The van der Waals surface area contributed by atoms with Gasteiger partial charge in [-0.2, -0.15) is 0 Å². The molecule has 1 heterocycles. The van der Waals surface area contributed by atoms with Crippen molar-refractivity contribution in [3.05, 3.63) is 134 Å². The molecule has 0 saturated carbocycles. The number of aliphatic imine (C=N–C) groups is 1. The average molecular weight is 614 g/mol. The van der Waals surface area contributed by atoms with E-state index in [9.17, 15) is 14.7 Å². The summed E-state index contributed by atoms with van der Waals surface area (Å²) in [5.74, 6) is -0.447. The van der Waals surface area contributed by atoms with Crippen LogP contribution in [-0.2, 0) is 17.9 Å². The minimum Gasteiger partial charge on any atom is -0.488 e. The van der Waals surface area contributed by atoms with E-state index >= 15 is 0 Å². The molecule has 1 saturated heterocycles. The van der Waals surface area contributed by atoms with Crippen LogP contribution in [0.15, 0.2) is 111 Å². The van der Waals surface area contributed by atoms with E-state index in [1.807, 2.05) is 66.7 Å². The van der Waals surface area contributed by atoms with Crippen molar-refractivity contribution in [1.82, 2.24) is 4.90 Å². The molecule has 0 radical (unpaired) electrons. The number of carbonyl (C=O) groups is 2. The summed E-state index contributed by atoms with van der Waals surface area (Å²) in [5.41, 5.74) is 4.87. The summed E-state index contributed by atoms with van der Waals surface area (Å²) in [6.07, 6.45) is 1.84. The number of amidine groups is 1. The van der Waals surface area contributed by atoms with Crippen LogP contribution >= 0.6 is 27.7 Å². The monoisotopic (exact) mass is 612 g/mol. The number of halogens is 1. The van der Waals surface area contributed by atoms with Crippen molar-refractivity contribution in [3.63, 3.8) is 0 Å². The number of thioether (sulfide) groups is 1. The largest absolute Gasteiger partial charge is 0.488 e. The molecule has 4 aromatic rings. The highest BCUT2D eigenvalue weighted by Crippen LogP contribution is 2.36. The first kappa shape index (κ1) is 27.4. The number of benzene rings is 4. The Morgan fingerprint density at radius 1 is 0.975 bits per heavy atom. The van der Waals surface area contributed by atoms with Crippen molar-refractivity contribution in [2.24, 2.45) is 4.99 Å². The first-order chi connectivity index (χ1) is 19.4. The summed E-state index contributed by atoms with van der Waals surface area (Å²) in [6.45, 7) is 2.77. The second kappa shape index (κ2) is 12.4. The summed E-state index contributed by atoms with van der Waals surface area (Å²) in [7, 11) is 0. The number of amides is 1. The van der Waals surface area contributed by atoms with Gasteiger partial charge in [0, 0.05) is 0 Å². The molecule has 4 aromatic carbocycles. The number of carbonyl (C=O) groups excluding carboxylic acids is 1. The van der Waals surface area contributed by atoms with Gasteiger partial charge in [0.1, 0.15) is 12.4 Å².